The van der Waals surface area contributed by atoms with E-state index in [2.05, 4.69) is 41.4 Å². The van der Waals surface area contributed by atoms with Gasteiger partial charge in [-0.15, -0.1) is 0 Å². The first-order valence-corrected chi connectivity index (χ1v) is 7.42. The van der Waals surface area contributed by atoms with Crippen LogP contribution >= 0.6 is 0 Å². The van der Waals surface area contributed by atoms with Crippen molar-refractivity contribution in [3.8, 4) is 0 Å². The van der Waals surface area contributed by atoms with E-state index in [1.165, 1.54) is 56.4 Å². The molecule has 2 nitrogen and oxygen atoms in total. The third-order valence-electron chi connectivity index (χ3n) is 4.48. The molecule has 3 rings (SSSR count). The Hall–Kier alpha value is -1.02. The van der Waals surface area contributed by atoms with Gasteiger partial charge in [-0.2, -0.15) is 0 Å². The maximum Gasteiger partial charge on any atom is 0.0402 e. The molecule has 0 bridgehead atoms. The normalized spacial score (nSPS) is 27.3. The fourth-order valence-electron chi connectivity index (χ4n) is 3.44. The Morgan fingerprint density at radius 2 is 2.17 bits per heavy atom. The molecule has 2 aliphatic rings. The lowest BCUT2D eigenvalue weighted by molar-refractivity contribution is 0.381. The van der Waals surface area contributed by atoms with Crippen LogP contribution in [-0.2, 0) is 6.42 Å². The van der Waals surface area contributed by atoms with E-state index < -0.39 is 0 Å². The standard InChI is InChI=1S/C16H24N2/c1-13-12-14-6-2-3-8-16(14)18(13)11-9-15-7-4-5-10-17-15/h2-3,6,8,13,15,17H,4-5,7,9-12H2,1H3. The molecule has 1 N–H and O–H groups in total. The molecular formula is C16H24N2. The number of rotatable bonds is 3. The van der Waals surface area contributed by atoms with Crippen molar-refractivity contribution in [1.82, 2.24) is 5.32 Å². The Labute approximate surface area is 110 Å². The lowest BCUT2D eigenvalue weighted by Crippen LogP contribution is -2.39. The molecule has 2 aliphatic heterocycles. The minimum Gasteiger partial charge on any atom is -0.368 e. The van der Waals surface area contributed by atoms with E-state index in [4.69, 9.17) is 0 Å². The van der Waals surface area contributed by atoms with Crippen molar-refractivity contribution in [3.63, 3.8) is 0 Å². The van der Waals surface area contributed by atoms with Crippen molar-refractivity contribution < 1.29 is 0 Å². The highest BCUT2D eigenvalue weighted by Gasteiger charge is 2.25. The second-order valence-corrected chi connectivity index (χ2v) is 5.81. The zero-order valence-corrected chi connectivity index (χ0v) is 11.4. The van der Waals surface area contributed by atoms with Gasteiger partial charge in [0.1, 0.15) is 0 Å². The SMILES string of the molecule is CC1Cc2ccccc2N1CCC1CCCCN1. The molecule has 2 heterocycles. The average molecular weight is 244 g/mol. The molecule has 2 unspecified atom stereocenters. The van der Waals surface area contributed by atoms with Crippen LogP contribution in [0.5, 0.6) is 0 Å². The topological polar surface area (TPSA) is 15.3 Å². The van der Waals surface area contributed by atoms with Crippen molar-refractivity contribution in [2.45, 2.75) is 51.1 Å². The van der Waals surface area contributed by atoms with E-state index in [0.717, 1.165) is 6.04 Å². The van der Waals surface area contributed by atoms with E-state index in [0.29, 0.717) is 6.04 Å². The van der Waals surface area contributed by atoms with Gasteiger partial charge in [0.05, 0.1) is 0 Å². The summed E-state index contributed by atoms with van der Waals surface area (Å²) in [6.07, 6.45) is 6.64. The van der Waals surface area contributed by atoms with Crippen LogP contribution in [-0.4, -0.2) is 25.2 Å². The molecule has 0 saturated carbocycles. The number of nitrogens with zero attached hydrogens (tertiary/aromatic N) is 1. The van der Waals surface area contributed by atoms with E-state index in [9.17, 15) is 0 Å². The summed E-state index contributed by atoms with van der Waals surface area (Å²) in [7, 11) is 0. The zero-order valence-electron chi connectivity index (χ0n) is 11.4. The average Bonchev–Trinajstić information content (AvgIpc) is 2.73. The number of benzene rings is 1. The molecule has 0 radical (unpaired) electrons. The summed E-state index contributed by atoms with van der Waals surface area (Å²) in [6, 6.07) is 10.3. The molecule has 2 heteroatoms. The van der Waals surface area contributed by atoms with Crippen LogP contribution in [0.15, 0.2) is 24.3 Å². The van der Waals surface area contributed by atoms with E-state index in [-0.39, 0.29) is 0 Å². The first-order chi connectivity index (χ1) is 8.84. The number of para-hydroxylation sites is 1. The van der Waals surface area contributed by atoms with Gasteiger partial charge in [0, 0.05) is 24.3 Å². The summed E-state index contributed by atoms with van der Waals surface area (Å²) in [5.41, 5.74) is 3.00. The van der Waals surface area contributed by atoms with Crippen molar-refractivity contribution in [2.24, 2.45) is 0 Å². The Morgan fingerprint density at radius 1 is 1.28 bits per heavy atom. The van der Waals surface area contributed by atoms with Crippen LogP contribution in [0.1, 0.15) is 38.2 Å². The van der Waals surface area contributed by atoms with Crippen LogP contribution in [0.3, 0.4) is 0 Å². The van der Waals surface area contributed by atoms with E-state index in [1.807, 2.05) is 0 Å². The molecule has 0 aromatic heterocycles. The number of piperidine rings is 1. The van der Waals surface area contributed by atoms with Crippen LogP contribution < -0.4 is 10.2 Å². The highest BCUT2D eigenvalue weighted by Crippen LogP contribution is 2.32. The predicted molar refractivity (Wildman–Crippen MR) is 77.2 cm³/mol. The number of nitrogens with one attached hydrogen (secondary N) is 1. The summed E-state index contributed by atoms with van der Waals surface area (Å²) in [6.45, 7) is 4.78. The van der Waals surface area contributed by atoms with Gasteiger partial charge in [-0.1, -0.05) is 24.6 Å². The maximum absolute atomic E-state index is 3.66. The van der Waals surface area contributed by atoms with Gasteiger partial charge in [0.15, 0.2) is 0 Å². The quantitative estimate of drug-likeness (QED) is 0.879. The number of hydrogen-bond donors (Lipinski definition) is 1. The first-order valence-electron chi connectivity index (χ1n) is 7.42. The van der Waals surface area contributed by atoms with Crippen molar-refractivity contribution in [3.05, 3.63) is 29.8 Å². The minimum atomic E-state index is 0.672. The fourth-order valence-corrected chi connectivity index (χ4v) is 3.44. The Morgan fingerprint density at radius 3 is 3.00 bits per heavy atom. The molecule has 98 valence electrons. The molecule has 0 amide bonds. The molecule has 0 spiro atoms. The van der Waals surface area contributed by atoms with Gasteiger partial charge in [0.25, 0.3) is 0 Å². The summed E-state index contributed by atoms with van der Waals surface area (Å²) >= 11 is 0. The third kappa shape index (κ3) is 2.39. The number of hydrogen-bond acceptors (Lipinski definition) is 2. The predicted octanol–water partition coefficient (Wildman–Crippen LogP) is 2.97. The van der Waals surface area contributed by atoms with Gasteiger partial charge in [-0.3, -0.25) is 0 Å². The molecule has 18 heavy (non-hydrogen) atoms. The number of anilines is 1. The Bertz CT molecular complexity index is 396. The van der Waals surface area contributed by atoms with Crippen molar-refractivity contribution >= 4 is 5.69 Å². The lowest BCUT2D eigenvalue weighted by Gasteiger charge is -2.29. The molecular weight excluding hydrogens is 220 g/mol. The van der Waals surface area contributed by atoms with Gasteiger partial charge >= 0.3 is 0 Å². The fraction of sp³-hybridized carbons (Fsp3) is 0.625. The first kappa shape index (κ1) is 12.0. The van der Waals surface area contributed by atoms with Crippen molar-refractivity contribution in [2.75, 3.05) is 18.0 Å². The molecule has 1 aromatic rings. The second-order valence-electron chi connectivity index (χ2n) is 5.81. The molecule has 1 aromatic carbocycles. The molecule has 2 atom stereocenters. The Kier molecular flexibility index (Phi) is 3.55. The largest absolute Gasteiger partial charge is 0.368 e. The van der Waals surface area contributed by atoms with Crippen LogP contribution in [0, 0.1) is 0 Å². The third-order valence-corrected chi connectivity index (χ3v) is 4.48. The molecule has 1 saturated heterocycles. The zero-order chi connectivity index (χ0) is 12.4. The Balaban J connectivity index is 1.62. The van der Waals surface area contributed by atoms with Gasteiger partial charge in [-0.05, 0) is 50.8 Å². The van der Waals surface area contributed by atoms with Crippen LogP contribution in [0.4, 0.5) is 5.69 Å². The van der Waals surface area contributed by atoms with Gasteiger partial charge in [-0.25, -0.2) is 0 Å². The van der Waals surface area contributed by atoms with E-state index in [1.54, 1.807) is 0 Å². The molecule has 1 fully saturated rings. The smallest absolute Gasteiger partial charge is 0.0402 e. The highest BCUT2D eigenvalue weighted by molar-refractivity contribution is 5.59. The van der Waals surface area contributed by atoms with Crippen LogP contribution in [0.25, 0.3) is 0 Å². The van der Waals surface area contributed by atoms with Gasteiger partial charge < -0.3 is 10.2 Å². The summed E-state index contributed by atoms with van der Waals surface area (Å²) in [4.78, 5) is 2.60. The van der Waals surface area contributed by atoms with Crippen LogP contribution in [0.2, 0.25) is 0 Å². The van der Waals surface area contributed by atoms with E-state index >= 15 is 0 Å². The lowest BCUT2D eigenvalue weighted by atomic mass is 10.0. The molecule has 0 aliphatic carbocycles. The monoisotopic (exact) mass is 244 g/mol. The maximum atomic E-state index is 3.66. The second kappa shape index (κ2) is 5.31. The minimum absolute atomic E-state index is 0.672. The summed E-state index contributed by atoms with van der Waals surface area (Å²) < 4.78 is 0. The highest BCUT2D eigenvalue weighted by atomic mass is 15.2. The number of fused-ring (bicyclic) bond motifs is 1. The van der Waals surface area contributed by atoms with Gasteiger partial charge in [0.2, 0.25) is 0 Å². The van der Waals surface area contributed by atoms with Crippen molar-refractivity contribution in [1.29, 1.82) is 0 Å². The summed E-state index contributed by atoms with van der Waals surface area (Å²) in [5, 5.41) is 3.66. The summed E-state index contributed by atoms with van der Waals surface area (Å²) in [5.74, 6) is 0.